The van der Waals surface area contributed by atoms with Crippen LogP contribution < -0.4 is 23.7 Å². The maximum absolute atomic E-state index is 12.3. The van der Waals surface area contributed by atoms with Crippen LogP contribution in [0.25, 0.3) is 0 Å². The summed E-state index contributed by atoms with van der Waals surface area (Å²) in [6, 6.07) is 22.8. The van der Waals surface area contributed by atoms with Crippen LogP contribution in [0.5, 0.6) is 28.7 Å². The summed E-state index contributed by atoms with van der Waals surface area (Å²) in [6.45, 7) is 3.66. The summed E-state index contributed by atoms with van der Waals surface area (Å²) in [5.41, 5.74) is -5.20. The van der Waals surface area contributed by atoms with Gasteiger partial charge in [-0.05, 0) is 78.9 Å². The first-order valence-electron chi connectivity index (χ1n) is 15.5. The van der Waals surface area contributed by atoms with Crippen molar-refractivity contribution in [2.24, 2.45) is 5.92 Å². The average molecular weight is 948 g/mol. The van der Waals surface area contributed by atoms with Crippen molar-refractivity contribution in [1.82, 2.24) is 0 Å². The number of alkyl halides is 1. The number of methoxy groups -OCH3 is 2. The first kappa shape index (κ1) is 53.6. The molecular weight excluding hydrogens is 918 g/mol. The number of carbonyl (C=O) groups excluding carboxylic acids is 6. The fourth-order valence-electron chi connectivity index (χ4n) is 3.21. The van der Waals surface area contributed by atoms with Crippen LogP contribution in [0, 0.1) is 21.8 Å². The molecule has 0 bridgehead atoms. The van der Waals surface area contributed by atoms with Crippen LogP contribution in [0.2, 0.25) is 0 Å². The van der Waals surface area contributed by atoms with Gasteiger partial charge in [0.1, 0.15) is 28.8 Å². The number of halogens is 7. The van der Waals surface area contributed by atoms with Crippen LogP contribution in [0.4, 0.5) is 34.1 Å². The molecule has 0 radical (unpaired) electrons. The van der Waals surface area contributed by atoms with Gasteiger partial charge in [-0.2, -0.15) is 0 Å². The van der Waals surface area contributed by atoms with Gasteiger partial charge in [0.15, 0.2) is 5.56 Å². The van der Waals surface area contributed by atoms with Gasteiger partial charge in [0, 0.05) is 70.0 Å². The van der Waals surface area contributed by atoms with E-state index in [0.717, 1.165) is 0 Å². The fourth-order valence-corrected chi connectivity index (χ4v) is 3.78. The van der Waals surface area contributed by atoms with E-state index in [0.29, 0.717) is 17.1 Å². The second-order valence-electron chi connectivity index (χ2n) is 10.2. The molecule has 0 saturated carbocycles. The monoisotopic (exact) mass is 945 g/mol. The molecule has 0 aliphatic carbocycles. The van der Waals surface area contributed by atoms with Gasteiger partial charge in [0.05, 0.1) is 24.7 Å². The molecule has 0 aromatic heterocycles. The predicted molar refractivity (Wildman–Crippen MR) is 215 cm³/mol. The molecule has 0 aliphatic rings. The quantitative estimate of drug-likeness (QED) is 0.0502. The van der Waals surface area contributed by atoms with Crippen molar-refractivity contribution < 1.29 is 71.2 Å². The summed E-state index contributed by atoms with van der Waals surface area (Å²) in [6.07, 6.45) is 0. The molecule has 0 heterocycles. The van der Waals surface area contributed by atoms with E-state index < -0.39 is 43.6 Å². The highest BCUT2D eigenvalue weighted by atomic mass is 35.5. The molecule has 59 heavy (non-hydrogen) atoms. The molecular formula is C36H30Cl6FNO15. The number of ether oxygens (including phenoxy) is 7. The van der Waals surface area contributed by atoms with Gasteiger partial charge in [-0.25, -0.2) is 33.2 Å². The number of carbonyl (C=O) groups is 6. The van der Waals surface area contributed by atoms with Crippen molar-refractivity contribution in [1.29, 1.82) is 0 Å². The van der Waals surface area contributed by atoms with Gasteiger partial charge < -0.3 is 33.2 Å². The van der Waals surface area contributed by atoms with E-state index >= 15 is 0 Å². The maximum atomic E-state index is 12.3. The van der Waals surface area contributed by atoms with E-state index in [1.807, 2.05) is 13.8 Å². The minimum Gasteiger partial charge on any atom is -0.497 e. The molecule has 0 aliphatic heterocycles. The van der Waals surface area contributed by atoms with Gasteiger partial charge in [0.25, 0.3) is 0 Å². The molecule has 318 valence electrons. The van der Waals surface area contributed by atoms with Gasteiger partial charge >= 0.3 is 38.8 Å². The standard InChI is InChI=1S/C9H7ClO4.C8H7ClO3.C7H4ClFO2.C7H4ClNO4.C5H8Cl2O2/c1-13-8(11)6-2-4-7(5-3-6)14-9(10)12;1-11-6-2-4-7(5-3-6)12-8(9)10;8-7(10)11-6-3-1-5(9)2-4-6;8-7(10)13-6-4-2-1-3-5(6)9(11)12;1-3(2)4(6)9-5(7)8/h2-5H,1H3;2-5H,1H3;1-4H;1-4H;3-4H,1-2H3. The summed E-state index contributed by atoms with van der Waals surface area (Å²) in [4.78, 5) is 71.8. The summed E-state index contributed by atoms with van der Waals surface area (Å²) in [7, 11) is 2.84. The van der Waals surface area contributed by atoms with E-state index in [1.54, 1.807) is 31.4 Å². The smallest absolute Gasteiger partial charge is 0.409 e. The lowest BCUT2D eigenvalue weighted by Crippen LogP contribution is -2.13. The fraction of sp³-hybridized carbons (Fsp3) is 0.167. The number of nitro groups is 1. The van der Waals surface area contributed by atoms with Crippen molar-refractivity contribution >= 4 is 108 Å². The second kappa shape index (κ2) is 29.7. The number of esters is 1. The number of nitro benzene ring substituents is 1. The van der Waals surface area contributed by atoms with Gasteiger partial charge in [0.2, 0.25) is 5.75 Å². The van der Waals surface area contributed by atoms with Crippen molar-refractivity contribution in [2.75, 3.05) is 14.2 Å². The first-order valence-corrected chi connectivity index (χ1v) is 17.8. The third kappa shape index (κ3) is 26.2. The summed E-state index contributed by atoms with van der Waals surface area (Å²) in [5, 5.41) is 10.4. The Morgan fingerprint density at radius 1 is 0.593 bits per heavy atom. The largest absolute Gasteiger partial charge is 0.497 e. The SMILES string of the molecule is CC(C)C(Cl)OC(=O)Cl.COC(=O)c1ccc(OC(=O)Cl)cc1.COc1ccc(OC(=O)Cl)cc1.O=C(Cl)Oc1ccc(F)cc1.O=C(Cl)Oc1ccccc1[N+](=O)[O-]. The summed E-state index contributed by atoms with van der Waals surface area (Å²) >= 11 is 30.1. The molecule has 23 heteroatoms. The van der Waals surface area contributed by atoms with Crippen LogP contribution in [0.3, 0.4) is 0 Å². The molecule has 4 aromatic rings. The average Bonchev–Trinajstić information content (AvgIpc) is 3.16. The summed E-state index contributed by atoms with van der Waals surface area (Å²) in [5.74, 6) is 0.694. The lowest BCUT2D eigenvalue weighted by atomic mass is 10.2. The van der Waals surface area contributed by atoms with E-state index in [9.17, 15) is 43.3 Å². The molecule has 0 saturated heterocycles. The van der Waals surface area contributed by atoms with Crippen LogP contribution in [0.15, 0.2) is 97.1 Å². The minimum atomic E-state index is -1.10. The Labute approximate surface area is 364 Å². The van der Waals surface area contributed by atoms with E-state index in [1.165, 1.54) is 79.9 Å². The van der Waals surface area contributed by atoms with Crippen molar-refractivity contribution in [3.8, 4) is 28.7 Å². The number of benzene rings is 4. The zero-order valence-electron chi connectivity index (χ0n) is 30.6. The molecule has 0 fully saturated rings. The lowest BCUT2D eigenvalue weighted by molar-refractivity contribution is -0.385. The van der Waals surface area contributed by atoms with Crippen LogP contribution in [-0.4, -0.2) is 57.8 Å². The van der Waals surface area contributed by atoms with Crippen molar-refractivity contribution in [2.45, 2.75) is 19.4 Å². The Hall–Kier alpha value is -5.43. The number of nitrogens with zero attached hydrogens (tertiary/aromatic N) is 1. The molecule has 4 rings (SSSR count). The topological polar surface area (TPSA) is 210 Å². The van der Waals surface area contributed by atoms with Gasteiger partial charge in [-0.15, -0.1) is 0 Å². The third-order valence-corrected chi connectivity index (χ3v) is 6.72. The van der Waals surface area contributed by atoms with E-state index in [4.69, 9.17) is 74.3 Å². The number of hydrogen-bond acceptors (Lipinski definition) is 15. The Bertz CT molecular complexity index is 1970. The lowest BCUT2D eigenvalue weighted by Gasteiger charge is -2.10. The van der Waals surface area contributed by atoms with E-state index in [2.05, 4.69) is 28.4 Å². The first-order chi connectivity index (χ1) is 27.7. The maximum Gasteiger partial charge on any atom is 0.409 e. The molecule has 16 nitrogen and oxygen atoms in total. The predicted octanol–water partition coefficient (Wildman–Crippen LogP) is 12.1. The minimum absolute atomic E-state index is 0.0920. The third-order valence-electron chi connectivity index (χ3n) is 5.72. The van der Waals surface area contributed by atoms with Crippen molar-refractivity contribution in [3.63, 3.8) is 0 Å². The normalized spacial score (nSPS) is 9.90. The second-order valence-corrected chi connectivity index (χ2v) is 12.2. The zero-order valence-corrected chi connectivity index (χ0v) is 35.1. The molecule has 1 unspecified atom stereocenters. The van der Waals surface area contributed by atoms with Crippen LogP contribution in [0.1, 0.15) is 24.2 Å². The Morgan fingerprint density at radius 2 is 0.983 bits per heavy atom. The molecule has 1 atom stereocenters. The molecule has 4 aromatic carbocycles. The molecule has 0 N–H and O–H groups in total. The van der Waals surface area contributed by atoms with E-state index in [-0.39, 0.29) is 34.7 Å². The van der Waals surface area contributed by atoms with Gasteiger partial charge in [-0.3, -0.25) is 10.1 Å². The van der Waals surface area contributed by atoms with Crippen molar-refractivity contribution in [3.05, 3.63) is 119 Å². The molecule has 0 amide bonds. The zero-order chi connectivity index (χ0) is 45.1. The highest BCUT2D eigenvalue weighted by molar-refractivity contribution is 6.62. The number of hydrogen-bond donors (Lipinski definition) is 0. The summed E-state index contributed by atoms with van der Waals surface area (Å²) < 4.78 is 44.0. The number of rotatable bonds is 9. The number of para-hydroxylation sites is 2. The Balaban J connectivity index is 0.000000718. The van der Waals surface area contributed by atoms with Gasteiger partial charge in [-0.1, -0.05) is 37.6 Å². The highest BCUT2D eigenvalue weighted by Gasteiger charge is 2.15. The highest BCUT2D eigenvalue weighted by Crippen LogP contribution is 2.26. The van der Waals surface area contributed by atoms with Crippen LogP contribution in [-0.2, 0) is 9.47 Å². The Kier molecular flexibility index (Phi) is 27.0. The van der Waals surface area contributed by atoms with Crippen LogP contribution >= 0.6 is 69.6 Å². The Morgan fingerprint density at radius 3 is 1.32 bits per heavy atom. The molecule has 0 spiro atoms.